The molecule has 1 aromatic rings. The highest BCUT2D eigenvalue weighted by atomic mass is 32.2. The zero-order chi connectivity index (χ0) is 18.1. The minimum Gasteiger partial charge on any atom is -0.481 e. The van der Waals surface area contributed by atoms with Crippen LogP contribution in [0.3, 0.4) is 0 Å². The van der Waals surface area contributed by atoms with Crippen LogP contribution in [0.4, 0.5) is 0 Å². The Bertz CT molecular complexity index is 802. The molecule has 24 heavy (non-hydrogen) atoms. The third kappa shape index (κ3) is 3.16. The van der Waals surface area contributed by atoms with Gasteiger partial charge in [-0.25, -0.2) is 13.4 Å². The van der Waals surface area contributed by atoms with Gasteiger partial charge >= 0.3 is 5.97 Å². The van der Waals surface area contributed by atoms with Crippen molar-refractivity contribution in [2.75, 3.05) is 13.3 Å². The van der Waals surface area contributed by atoms with E-state index in [1.807, 2.05) is 5.48 Å². The number of hydrogen-bond donors (Lipinski definition) is 3. The van der Waals surface area contributed by atoms with E-state index in [-0.39, 0.29) is 23.4 Å². The van der Waals surface area contributed by atoms with Crippen molar-refractivity contribution in [3.05, 3.63) is 29.8 Å². The van der Waals surface area contributed by atoms with Gasteiger partial charge in [0.25, 0.3) is 5.91 Å². The van der Waals surface area contributed by atoms with Gasteiger partial charge in [-0.05, 0) is 18.6 Å². The molecule has 1 heterocycles. The number of rotatable bonds is 6. The standard InChI is InChI=1S/C14H17N3O6S/c1-17-13(20)14(16-21,8-7-11(18)19)12(15-17)9-3-5-10(6-4-9)24(2,22)23/h3-6,16,21H,7-8H2,1-2H3,(H,18,19). The number of hydrogen-bond acceptors (Lipinski definition) is 7. The van der Waals surface area contributed by atoms with Gasteiger partial charge in [-0.2, -0.15) is 10.6 Å². The number of hydrazone groups is 1. The summed E-state index contributed by atoms with van der Waals surface area (Å²) < 4.78 is 23.0. The van der Waals surface area contributed by atoms with Crippen LogP contribution in [0.25, 0.3) is 0 Å². The number of amides is 1. The second-order valence-electron chi connectivity index (χ2n) is 5.48. The summed E-state index contributed by atoms with van der Waals surface area (Å²) in [5, 5.41) is 23.5. The summed E-state index contributed by atoms with van der Waals surface area (Å²) in [6, 6.07) is 5.62. The Hall–Kier alpha value is -2.30. The van der Waals surface area contributed by atoms with Crippen molar-refractivity contribution in [1.82, 2.24) is 10.5 Å². The predicted molar refractivity (Wildman–Crippen MR) is 83.4 cm³/mol. The maximum atomic E-state index is 12.4. The van der Waals surface area contributed by atoms with Gasteiger partial charge in [0, 0.05) is 25.3 Å². The van der Waals surface area contributed by atoms with Gasteiger partial charge in [-0.3, -0.25) is 9.59 Å². The van der Waals surface area contributed by atoms with Crippen molar-refractivity contribution in [3.63, 3.8) is 0 Å². The van der Waals surface area contributed by atoms with Crippen molar-refractivity contribution in [1.29, 1.82) is 0 Å². The van der Waals surface area contributed by atoms with E-state index in [0.717, 1.165) is 11.3 Å². The van der Waals surface area contributed by atoms with Crippen molar-refractivity contribution in [2.45, 2.75) is 23.3 Å². The molecule has 0 spiro atoms. The largest absolute Gasteiger partial charge is 0.481 e. The molecule has 10 heteroatoms. The number of likely N-dealkylation sites (N-methyl/N-ethyl adjacent to an activating group) is 1. The highest BCUT2D eigenvalue weighted by Gasteiger charge is 2.50. The lowest BCUT2D eigenvalue weighted by Crippen LogP contribution is -2.56. The number of nitrogens with zero attached hydrogens (tertiary/aromatic N) is 2. The quantitative estimate of drug-likeness (QED) is 0.604. The van der Waals surface area contributed by atoms with E-state index in [2.05, 4.69) is 5.10 Å². The molecular formula is C14H17N3O6S. The van der Waals surface area contributed by atoms with E-state index in [0.29, 0.717) is 5.56 Å². The number of carboxylic acid groups (broad SMARTS) is 1. The van der Waals surface area contributed by atoms with Gasteiger partial charge in [0.2, 0.25) is 0 Å². The molecule has 130 valence electrons. The average Bonchev–Trinajstić information content (AvgIpc) is 2.77. The molecule has 0 saturated heterocycles. The smallest absolute Gasteiger partial charge is 0.303 e. The molecule has 1 aliphatic heterocycles. The van der Waals surface area contributed by atoms with Gasteiger partial charge < -0.3 is 10.3 Å². The molecule has 1 aliphatic rings. The number of carbonyl (C=O) groups excluding carboxylic acids is 1. The summed E-state index contributed by atoms with van der Waals surface area (Å²) in [6.45, 7) is 0. The van der Waals surface area contributed by atoms with E-state index in [4.69, 9.17) is 5.11 Å². The van der Waals surface area contributed by atoms with E-state index in [1.165, 1.54) is 31.3 Å². The summed E-state index contributed by atoms with van der Waals surface area (Å²) in [6.07, 6.45) is 0.487. The molecule has 3 N–H and O–H groups in total. The molecule has 2 rings (SSSR count). The first-order chi connectivity index (χ1) is 11.1. The number of carboxylic acids is 1. The van der Waals surface area contributed by atoms with E-state index in [1.54, 1.807) is 0 Å². The molecule has 1 atom stereocenters. The van der Waals surface area contributed by atoms with Crippen LogP contribution >= 0.6 is 0 Å². The predicted octanol–water partition coefficient (Wildman–Crippen LogP) is -0.151. The lowest BCUT2D eigenvalue weighted by Gasteiger charge is -2.26. The topological polar surface area (TPSA) is 136 Å². The third-order valence-electron chi connectivity index (χ3n) is 3.77. The zero-order valence-electron chi connectivity index (χ0n) is 13.1. The van der Waals surface area contributed by atoms with Gasteiger partial charge in [-0.15, -0.1) is 0 Å². The Morgan fingerprint density at radius 1 is 1.33 bits per heavy atom. The highest BCUT2D eigenvalue weighted by Crippen LogP contribution is 2.28. The summed E-state index contributed by atoms with van der Waals surface area (Å²) in [5.74, 6) is -1.73. The van der Waals surface area contributed by atoms with Gasteiger partial charge in [0.15, 0.2) is 15.4 Å². The normalized spacial score (nSPS) is 21.0. The van der Waals surface area contributed by atoms with Crippen LogP contribution < -0.4 is 5.48 Å². The Morgan fingerprint density at radius 3 is 2.38 bits per heavy atom. The maximum Gasteiger partial charge on any atom is 0.303 e. The first kappa shape index (κ1) is 18.0. The molecule has 0 fully saturated rings. The molecule has 0 aromatic heterocycles. The molecule has 0 radical (unpaired) electrons. The van der Waals surface area contributed by atoms with Crippen molar-refractivity contribution in [2.24, 2.45) is 5.10 Å². The summed E-state index contributed by atoms with van der Waals surface area (Å²) in [7, 11) is -2.00. The Labute approximate surface area is 138 Å². The monoisotopic (exact) mass is 355 g/mol. The van der Waals surface area contributed by atoms with Gasteiger partial charge in [-0.1, -0.05) is 12.1 Å². The number of aliphatic carboxylic acids is 1. The SMILES string of the molecule is CN1N=C(c2ccc(S(C)(=O)=O)cc2)C(CCC(=O)O)(NO)C1=O. The summed E-state index contributed by atoms with van der Waals surface area (Å²) in [4.78, 5) is 23.3. The minimum absolute atomic E-state index is 0.0950. The second kappa shape index (κ2) is 6.30. The van der Waals surface area contributed by atoms with Crippen LogP contribution in [0.15, 0.2) is 34.3 Å². The summed E-state index contributed by atoms with van der Waals surface area (Å²) in [5.41, 5.74) is 0.727. The fourth-order valence-electron chi connectivity index (χ4n) is 2.50. The fraction of sp³-hybridized carbons (Fsp3) is 0.357. The van der Waals surface area contributed by atoms with Crippen LogP contribution in [0.5, 0.6) is 0 Å². The molecule has 0 aliphatic carbocycles. The molecule has 0 saturated carbocycles. The Morgan fingerprint density at radius 2 is 1.92 bits per heavy atom. The van der Waals surface area contributed by atoms with E-state index >= 15 is 0 Å². The number of sulfone groups is 1. The molecule has 0 bridgehead atoms. The lowest BCUT2D eigenvalue weighted by molar-refractivity contribution is -0.139. The summed E-state index contributed by atoms with van der Waals surface area (Å²) >= 11 is 0. The lowest BCUT2D eigenvalue weighted by atomic mass is 9.85. The van der Waals surface area contributed by atoms with Gasteiger partial charge in [0.1, 0.15) is 5.71 Å². The minimum atomic E-state index is -3.38. The van der Waals surface area contributed by atoms with Crippen LogP contribution in [-0.4, -0.2) is 60.2 Å². The van der Waals surface area contributed by atoms with E-state index in [9.17, 15) is 23.2 Å². The average molecular weight is 355 g/mol. The fourth-order valence-corrected chi connectivity index (χ4v) is 3.13. The number of benzene rings is 1. The second-order valence-corrected chi connectivity index (χ2v) is 7.50. The zero-order valence-corrected chi connectivity index (χ0v) is 13.9. The number of nitrogens with one attached hydrogen (secondary N) is 1. The van der Waals surface area contributed by atoms with Crippen molar-refractivity contribution < 1.29 is 28.3 Å². The third-order valence-corrected chi connectivity index (χ3v) is 4.90. The van der Waals surface area contributed by atoms with Crippen LogP contribution in [0.2, 0.25) is 0 Å². The molecule has 1 amide bonds. The van der Waals surface area contributed by atoms with Crippen LogP contribution in [0.1, 0.15) is 18.4 Å². The molecule has 1 aromatic carbocycles. The van der Waals surface area contributed by atoms with Crippen LogP contribution in [0, 0.1) is 0 Å². The first-order valence-electron chi connectivity index (χ1n) is 6.92. The Kier molecular flexibility index (Phi) is 4.74. The van der Waals surface area contributed by atoms with Crippen LogP contribution in [-0.2, 0) is 19.4 Å². The maximum absolute atomic E-state index is 12.4. The molecular weight excluding hydrogens is 338 g/mol. The number of carbonyl (C=O) groups is 2. The van der Waals surface area contributed by atoms with Crippen molar-refractivity contribution >= 4 is 27.4 Å². The first-order valence-corrected chi connectivity index (χ1v) is 8.82. The molecule has 1 unspecified atom stereocenters. The van der Waals surface area contributed by atoms with Gasteiger partial charge in [0.05, 0.1) is 4.90 Å². The van der Waals surface area contributed by atoms with Crippen molar-refractivity contribution in [3.8, 4) is 0 Å². The highest BCUT2D eigenvalue weighted by molar-refractivity contribution is 7.90. The van der Waals surface area contributed by atoms with E-state index < -0.39 is 27.3 Å². The Balaban J connectivity index is 2.47. The number of hydroxylamine groups is 1. The molecule has 9 nitrogen and oxygen atoms in total.